The maximum Gasteiger partial charge on any atom is 0.270 e. The van der Waals surface area contributed by atoms with Crippen molar-refractivity contribution in [3.05, 3.63) is 46.6 Å². The fourth-order valence-electron chi connectivity index (χ4n) is 3.19. The molecule has 0 saturated carbocycles. The van der Waals surface area contributed by atoms with Gasteiger partial charge < -0.3 is 15.2 Å². The van der Waals surface area contributed by atoms with Crippen molar-refractivity contribution in [3.63, 3.8) is 0 Å². The molecule has 1 aliphatic rings. The van der Waals surface area contributed by atoms with E-state index in [9.17, 15) is 4.79 Å². The standard InChI is InChI=1S/C18H22BrN3O/c1-18(11-20)9-10-22(12-18)17(23)16-8-7-15(21(16)2)13-5-3-4-6-14(13)19/h3-8H,9-12,20H2,1-2H3. The summed E-state index contributed by atoms with van der Waals surface area (Å²) >= 11 is 3.58. The molecule has 23 heavy (non-hydrogen) atoms. The summed E-state index contributed by atoms with van der Waals surface area (Å²) in [4.78, 5) is 14.8. The van der Waals surface area contributed by atoms with E-state index in [4.69, 9.17) is 5.73 Å². The zero-order chi connectivity index (χ0) is 16.6. The first kappa shape index (κ1) is 16.3. The Kier molecular flexibility index (Phi) is 4.34. The number of nitrogens with two attached hydrogens (primary N) is 1. The third-order valence-corrected chi connectivity index (χ3v) is 5.52. The molecule has 1 aromatic carbocycles. The highest BCUT2D eigenvalue weighted by Crippen LogP contribution is 2.32. The summed E-state index contributed by atoms with van der Waals surface area (Å²) in [6.45, 7) is 4.28. The first-order chi connectivity index (χ1) is 10.9. The predicted molar refractivity (Wildman–Crippen MR) is 96.2 cm³/mol. The van der Waals surface area contributed by atoms with Crippen LogP contribution in [0.1, 0.15) is 23.8 Å². The SMILES string of the molecule is Cn1c(C(=O)N2CCC(C)(CN)C2)ccc1-c1ccccc1Br. The number of nitrogens with zero attached hydrogens (tertiary/aromatic N) is 2. The lowest BCUT2D eigenvalue weighted by Crippen LogP contribution is -2.35. The molecule has 2 N–H and O–H groups in total. The summed E-state index contributed by atoms with van der Waals surface area (Å²) in [5, 5.41) is 0. The first-order valence-electron chi connectivity index (χ1n) is 7.85. The molecule has 0 aliphatic carbocycles. The monoisotopic (exact) mass is 375 g/mol. The van der Waals surface area contributed by atoms with E-state index in [1.807, 2.05) is 46.8 Å². The third kappa shape index (κ3) is 2.95. The molecule has 122 valence electrons. The number of carbonyl (C=O) groups excluding carboxylic acids is 1. The van der Waals surface area contributed by atoms with E-state index in [-0.39, 0.29) is 11.3 Å². The van der Waals surface area contributed by atoms with Crippen LogP contribution in [0, 0.1) is 5.41 Å². The Hall–Kier alpha value is -1.59. The van der Waals surface area contributed by atoms with Gasteiger partial charge in [0.05, 0.1) is 0 Å². The Labute approximate surface area is 145 Å². The lowest BCUT2D eigenvalue weighted by molar-refractivity contribution is 0.0767. The van der Waals surface area contributed by atoms with E-state index in [0.717, 1.165) is 40.9 Å². The smallest absolute Gasteiger partial charge is 0.270 e. The van der Waals surface area contributed by atoms with Gasteiger partial charge in [-0.15, -0.1) is 0 Å². The molecule has 1 unspecified atom stereocenters. The maximum absolute atomic E-state index is 12.9. The van der Waals surface area contributed by atoms with Crippen molar-refractivity contribution in [2.45, 2.75) is 13.3 Å². The van der Waals surface area contributed by atoms with Gasteiger partial charge in [-0.1, -0.05) is 41.1 Å². The van der Waals surface area contributed by atoms with Crippen LogP contribution in [-0.4, -0.2) is 35.0 Å². The molecule has 1 aliphatic heterocycles. The van der Waals surface area contributed by atoms with Gasteiger partial charge in [-0.3, -0.25) is 4.79 Å². The van der Waals surface area contributed by atoms with Gasteiger partial charge in [0.25, 0.3) is 5.91 Å². The van der Waals surface area contributed by atoms with Gasteiger partial charge in [0.1, 0.15) is 5.69 Å². The minimum atomic E-state index is 0.0477. The van der Waals surface area contributed by atoms with Crippen LogP contribution in [0.3, 0.4) is 0 Å². The molecule has 0 radical (unpaired) electrons. The van der Waals surface area contributed by atoms with Crippen molar-refractivity contribution >= 4 is 21.8 Å². The average Bonchev–Trinajstić information content (AvgIpc) is 3.12. The minimum Gasteiger partial charge on any atom is -0.340 e. The number of halogens is 1. The van der Waals surface area contributed by atoms with E-state index in [2.05, 4.69) is 28.9 Å². The van der Waals surface area contributed by atoms with Crippen LogP contribution in [-0.2, 0) is 7.05 Å². The molecule has 1 aromatic heterocycles. The quantitative estimate of drug-likeness (QED) is 0.894. The van der Waals surface area contributed by atoms with Crippen molar-refractivity contribution in [1.82, 2.24) is 9.47 Å². The van der Waals surface area contributed by atoms with E-state index in [0.29, 0.717) is 6.54 Å². The van der Waals surface area contributed by atoms with E-state index >= 15 is 0 Å². The normalized spacial score (nSPS) is 21.0. The fourth-order valence-corrected chi connectivity index (χ4v) is 3.68. The van der Waals surface area contributed by atoms with Crippen molar-refractivity contribution in [2.24, 2.45) is 18.2 Å². The van der Waals surface area contributed by atoms with Crippen LogP contribution in [0.15, 0.2) is 40.9 Å². The average molecular weight is 376 g/mol. The Bertz CT molecular complexity index is 740. The Morgan fingerprint density at radius 3 is 2.70 bits per heavy atom. The Morgan fingerprint density at radius 2 is 2.04 bits per heavy atom. The summed E-state index contributed by atoms with van der Waals surface area (Å²) in [5.41, 5.74) is 8.73. The van der Waals surface area contributed by atoms with E-state index in [1.54, 1.807) is 0 Å². The van der Waals surface area contributed by atoms with Gasteiger partial charge >= 0.3 is 0 Å². The molecule has 2 aromatic rings. The lowest BCUT2D eigenvalue weighted by Gasteiger charge is -2.22. The van der Waals surface area contributed by atoms with E-state index in [1.165, 1.54) is 0 Å². The summed E-state index contributed by atoms with van der Waals surface area (Å²) in [6, 6.07) is 12.0. The topological polar surface area (TPSA) is 51.3 Å². The highest BCUT2D eigenvalue weighted by Gasteiger charge is 2.35. The summed E-state index contributed by atoms with van der Waals surface area (Å²) in [7, 11) is 1.94. The fraction of sp³-hybridized carbons (Fsp3) is 0.389. The molecule has 2 heterocycles. The summed E-state index contributed by atoms with van der Waals surface area (Å²) in [5.74, 6) is 0.0861. The van der Waals surface area contributed by atoms with Crippen LogP contribution in [0.4, 0.5) is 0 Å². The minimum absolute atomic E-state index is 0.0477. The van der Waals surface area contributed by atoms with Crippen molar-refractivity contribution in [3.8, 4) is 11.3 Å². The molecule has 1 amide bonds. The number of benzene rings is 1. The molecule has 4 nitrogen and oxygen atoms in total. The van der Waals surface area contributed by atoms with Gasteiger partial charge in [0.15, 0.2) is 0 Å². The van der Waals surface area contributed by atoms with Crippen molar-refractivity contribution in [2.75, 3.05) is 19.6 Å². The van der Waals surface area contributed by atoms with Crippen molar-refractivity contribution in [1.29, 1.82) is 0 Å². The molecular formula is C18H22BrN3O. The van der Waals surface area contributed by atoms with E-state index < -0.39 is 0 Å². The maximum atomic E-state index is 12.9. The largest absolute Gasteiger partial charge is 0.340 e. The molecular weight excluding hydrogens is 354 g/mol. The van der Waals surface area contributed by atoms with Gasteiger partial charge in [-0.25, -0.2) is 0 Å². The highest BCUT2D eigenvalue weighted by atomic mass is 79.9. The van der Waals surface area contributed by atoms with Crippen LogP contribution in [0.25, 0.3) is 11.3 Å². The Morgan fingerprint density at radius 1 is 1.30 bits per heavy atom. The zero-order valence-electron chi connectivity index (χ0n) is 13.6. The highest BCUT2D eigenvalue weighted by molar-refractivity contribution is 9.10. The van der Waals surface area contributed by atoms with Crippen LogP contribution in [0.5, 0.6) is 0 Å². The second-order valence-corrected chi connectivity index (χ2v) is 7.49. The third-order valence-electron chi connectivity index (χ3n) is 4.83. The molecule has 3 rings (SSSR count). The summed E-state index contributed by atoms with van der Waals surface area (Å²) in [6.07, 6.45) is 0.969. The molecule has 1 atom stereocenters. The number of likely N-dealkylation sites (tertiary alicyclic amines) is 1. The Balaban J connectivity index is 1.88. The summed E-state index contributed by atoms with van der Waals surface area (Å²) < 4.78 is 3.00. The predicted octanol–water partition coefficient (Wildman–Crippen LogP) is 3.27. The number of aromatic nitrogens is 1. The second-order valence-electron chi connectivity index (χ2n) is 6.63. The lowest BCUT2D eigenvalue weighted by atomic mass is 9.90. The molecule has 0 spiro atoms. The van der Waals surface area contributed by atoms with Crippen LogP contribution in [0.2, 0.25) is 0 Å². The van der Waals surface area contributed by atoms with Crippen LogP contribution < -0.4 is 5.73 Å². The molecule has 1 saturated heterocycles. The first-order valence-corrected chi connectivity index (χ1v) is 8.64. The zero-order valence-corrected chi connectivity index (χ0v) is 15.1. The van der Waals surface area contributed by atoms with Gasteiger partial charge in [-0.2, -0.15) is 0 Å². The van der Waals surface area contributed by atoms with Gasteiger partial charge in [0.2, 0.25) is 0 Å². The second kappa shape index (κ2) is 6.13. The van der Waals surface area contributed by atoms with Gasteiger partial charge in [0, 0.05) is 35.9 Å². The van der Waals surface area contributed by atoms with Crippen LogP contribution >= 0.6 is 15.9 Å². The van der Waals surface area contributed by atoms with Gasteiger partial charge in [-0.05, 0) is 36.6 Å². The number of hydrogen-bond acceptors (Lipinski definition) is 2. The number of rotatable bonds is 3. The number of amides is 1. The number of hydrogen-bond donors (Lipinski definition) is 1. The van der Waals surface area contributed by atoms with Crippen molar-refractivity contribution < 1.29 is 4.79 Å². The molecule has 1 fully saturated rings. The molecule has 0 bridgehead atoms. The molecule has 5 heteroatoms. The number of carbonyl (C=O) groups is 1.